The van der Waals surface area contributed by atoms with Gasteiger partial charge in [-0.25, -0.2) is 9.55 Å². The van der Waals surface area contributed by atoms with Crippen molar-refractivity contribution in [2.24, 2.45) is 23.2 Å². The van der Waals surface area contributed by atoms with Crippen LogP contribution in [0.15, 0.2) is 63.9 Å². The number of phosphoric acid groups is 1. The zero-order valence-electron chi connectivity index (χ0n) is 43.1. The normalized spacial score (nSPS) is 27.6. The SMILES string of the molecule is COC[C@@H]([C@H](O)[C@H](O)C(=O)NCC[C@H](C)c1nc(/C=C/C[C@H]2O[C@@]3(C[C@H](O)[C@H]2C)O[C@H]([C@H](C[C@H](O)[C@@H](C)[C@H](O)[C@H](C)C=C(C)C(C)=CC=CC(C)=CC#N)OC)[C@H](OP(=O)(O)O)C3(C)C)co1)N(C)C. The maximum atomic E-state index is 12.6. The summed E-state index contributed by atoms with van der Waals surface area (Å²) in [4.78, 5) is 39.2. The Hall–Kier alpha value is -3.42. The molecule has 0 aliphatic carbocycles. The third-order valence-corrected chi connectivity index (χ3v) is 14.5. The number of nitrogens with zero attached hydrogens (tertiary/aromatic N) is 3. The number of oxazole rings is 1. The molecule has 3 rings (SSSR count). The summed E-state index contributed by atoms with van der Waals surface area (Å²) in [7, 11) is 1.12. The van der Waals surface area contributed by atoms with E-state index in [-0.39, 0.29) is 44.2 Å². The van der Waals surface area contributed by atoms with Gasteiger partial charge < -0.3 is 68.9 Å². The van der Waals surface area contributed by atoms with Gasteiger partial charge in [0.25, 0.3) is 5.91 Å². The van der Waals surface area contributed by atoms with Gasteiger partial charge in [-0.15, -0.1) is 0 Å². The second kappa shape index (κ2) is 27.0. The van der Waals surface area contributed by atoms with Crippen molar-refractivity contribution in [3.05, 3.63) is 71.0 Å². The lowest BCUT2D eigenvalue weighted by Crippen LogP contribution is -2.58. The van der Waals surface area contributed by atoms with Gasteiger partial charge in [0.15, 0.2) is 17.8 Å². The second-order valence-electron chi connectivity index (χ2n) is 19.9. The van der Waals surface area contributed by atoms with Crippen LogP contribution in [0.5, 0.6) is 0 Å². The zero-order valence-corrected chi connectivity index (χ0v) is 44.0. The van der Waals surface area contributed by atoms with Crippen LogP contribution in [-0.2, 0) is 32.8 Å². The summed E-state index contributed by atoms with van der Waals surface area (Å²) < 4.78 is 48.2. The van der Waals surface area contributed by atoms with E-state index in [4.69, 9.17) is 33.2 Å². The first-order chi connectivity index (χ1) is 32.6. The highest BCUT2D eigenvalue weighted by Crippen LogP contribution is 2.59. The van der Waals surface area contributed by atoms with E-state index < -0.39 is 97.7 Å². The molecule has 2 fully saturated rings. The van der Waals surface area contributed by atoms with E-state index in [0.717, 1.165) is 16.7 Å². The number of nitriles is 1. The maximum absolute atomic E-state index is 12.6. The minimum absolute atomic E-state index is 0.0645. The molecule has 19 nitrogen and oxygen atoms in total. The van der Waals surface area contributed by atoms with E-state index in [1.54, 1.807) is 45.8 Å². The third kappa shape index (κ3) is 16.3. The summed E-state index contributed by atoms with van der Waals surface area (Å²) in [6, 6.07) is 1.40. The Kier molecular flexibility index (Phi) is 23.5. The van der Waals surface area contributed by atoms with Crippen LogP contribution in [-0.4, -0.2) is 159 Å². The molecule has 3 heterocycles. The van der Waals surface area contributed by atoms with Gasteiger partial charge in [-0.3, -0.25) is 9.32 Å². The van der Waals surface area contributed by atoms with Crippen LogP contribution in [0.3, 0.4) is 0 Å². The fraction of sp³-hybridized carbons (Fsp3) is 0.700. The van der Waals surface area contributed by atoms with Crippen molar-refractivity contribution in [2.45, 2.75) is 161 Å². The lowest BCUT2D eigenvalue weighted by Gasteiger charge is -2.50. The summed E-state index contributed by atoms with van der Waals surface area (Å²) in [6.07, 6.45) is 4.10. The molecule has 2 aliphatic rings. The van der Waals surface area contributed by atoms with Crippen LogP contribution in [0, 0.1) is 34.5 Å². The quantitative estimate of drug-likeness (QED) is 0.0355. The van der Waals surface area contributed by atoms with Gasteiger partial charge in [0.05, 0.1) is 49.2 Å². The van der Waals surface area contributed by atoms with E-state index in [9.17, 15) is 44.7 Å². The minimum Gasteiger partial charge on any atom is -0.448 e. The molecule has 0 saturated carbocycles. The van der Waals surface area contributed by atoms with E-state index in [1.165, 1.54) is 26.6 Å². The van der Waals surface area contributed by atoms with Crippen molar-refractivity contribution < 1.29 is 72.6 Å². The van der Waals surface area contributed by atoms with Crippen molar-refractivity contribution >= 4 is 19.8 Å². The molecule has 2 saturated heterocycles. The molecule has 1 amide bonds. The molecule has 0 unspecified atom stereocenters. The Balaban J connectivity index is 1.74. The molecule has 20 heteroatoms. The summed E-state index contributed by atoms with van der Waals surface area (Å²) in [5.74, 6) is -3.63. The van der Waals surface area contributed by atoms with E-state index in [0.29, 0.717) is 18.0 Å². The number of carbonyl (C=O) groups is 1. The Morgan fingerprint density at radius 2 is 1.76 bits per heavy atom. The first-order valence-corrected chi connectivity index (χ1v) is 25.4. The predicted molar refractivity (Wildman–Crippen MR) is 262 cm³/mol. The van der Waals surface area contributed by atoms with Gasteiger partial charge in [0.2, 0.25) is 0 Å². The van der Waals surface area contributed by atoms with Gasteiger partial charge in [0, 0.05) is 68.8 Å². The average molecular weight is 1010 g/mol. The van der Waals surface area contributed by atoms with Crippen molar-refractivity contribution in [3.8, 4) is 6.07 Å². The van der Waals surface area contributed by atoms with Crippen molar-refractivity contribution in [2.75, 3.05) is 41.5 Å². The summed E-state index contributed by atoms with van der Waals surface area (Å²) in [5, 5.41) is 67.1. The molecular formula is C50H81N4O15P. The maximum Gasteiger partial charge on any atom is 0.469 e. The summed E-state index contributed by atoms with van der Waals surface area (Å²) >= 11 is 0. The summed E-state index contributed by atoms with van der Waals surface area (Å²) in [5.41, 5.74) is 1.87. The minimum atomic E-state index is -5.15. The first kappa shape index (κ1) is 60.9. The average Bonchev–Trinajstić information content (AvgIpc) is 3.84. The molecule has 0 aromatic carbocycles. The first-order valence-electron chi connectivity index (χ1n) is 23.8. The largest absolute Gasteiger partial charge is 0.469 e. The predicted octanol–water partition coefficient (Wildman–Crippen LogP) is 4.69. The highest BCUT2D eigenvalue weighted by atomic mass is 31.2. The zero-order chi connectivity index (χ0) is 52.9. The molecule has 396 valence electrons. The van der Waals surface area contributed by atoms with Crippen LogP contribution >= 0.6 is 7.82 Å². The van der Waals surface area contributed by atoms with E-state index in [1.807, 2.05) is 78.0 Å². The molecule has 2 aliphatic heterocycles. The Morgan fingerprint density at radius 3 is 2.36 bits per heavy atom. The van der Waals surface area contributed by atoms with Crippen LogP contribution < -0.4 is 5.32 Å². The Morgan fingerprint density at radius 1 is 1.09 bits per heavy atom. The smallest absolute Gasteiger partial charge is 0.448 e. The van der Waals surface area contributed by atoms with Gasteiger partial charge in [-0.2, -0.15) is 5.26 Å². The van der Waals surface area contributed by atoms with Crippen LogP contribution in [0.4, 0.5) is 0 Å². The number of carbonyl (C=O) groups excluding carboxylic acids is 1. The number of hydrogen-bond donors (Lipinski definition) is 8. The van der Waals surface area contributed by atoms with Gasteiger partial charge in [0.1, 0.15) is 30.3 Å². The molecule has 0 bridgehead atoms. The van der Waals surface area contributed by atoms with Gasteiger partial charge in [-0.1, -0.05) is 77.5 Å². The number of amides is 1. The molecule has 8 N–H and O–H groups in total. The molecule has 15 atom stereocenters. The van der Waals surface area contributed by atoms with Crippen molar-refractivity contribution in [3.63, 3.8) is 0 Å². The number of aliphatic hydroxyl groups excluding tert-OH is 5. The molecule has 1 aromatic heterocycles. The van der Waals surface area contributed by atoms with Gasteiger partial charge >= 0.3 is 7.82 Å². The summed E-state index contributed by atoms with van der Waals surface area (Å²) in [6.45, 7) is 16.6. The fourth-order valence-corrected chi connectivity index (χ4v) is 9.64. The van der Waals surface area contributed by atoms with Crippen LogP contribution in [0.2, 0.25) is 0 Å². The third-order valence-electron chi connectivity index (χ3n) is 14.0. The number of hydrogen-bond acceptors (Lipinski definition) is 16. The molecular weight excluding hydrogens is 928 g/mol. The standard InChI is InChI=1S/C50H81N4O15P/c1-29(20-22-51)16-14-17-30(2)32(4)24-33(5)42(57)35(7)38(55)25-41(65-13)45-46(69-70(61,62)63)49(8,9)50(68-45)26-39(56)34(6)40(67-50)19-15-18-36-27-66-48(53-36)31(3)21-23-52-47(60)44(59)43(58)37(28-64-12)54(10)11/h14-18,20,24,27,31,33-35,37-46,55-59H,19,21,23,25-26,28H2,1-13H3,(H,52,60)(H2,61,62,63)/b16-14?,18-15+,29-20?,30-17?,32-24?/t31-,33+,34+,35+,37-,38-,39-,40+,41-,42+,43-,44-,45+,46-,50-/m0/s1. The number of nitrogens with one attached hydrogen (secondary N) is 1. The molecule has 1 spiro atoms. The number of aliphatic hydroxyl groups is 5. The fourth-order valence-electron chi connectivity index (χ4n) is 8.96. The number of aromatic nitrogens is 1. The van der Waals surface area contributed by atoms with Crippen molar-refractivity contribution in [1.29, 1.82) is 5.26 Å². The Bertz CT molecular complexity index is 2080. The number of ether oxygens (including phenoxy) is 4. The highest BCUT2D eigenvalue weighted by molar-refractivity contribution is 7.46. The van der Waals surface area contributed by atoms with E-state index >= 15 is 0 Å². The lowest BCUT2D eigenvalue weighted by molar-refractivity contribution is -0.334. The van der Waals surface area contributed by atoms with Crippen LogP contribution in [0.1, 0.15) is 105 Å². The number of allylic oxidation sites excluding steroid dienone is 7. The molecule has 0 radical (unpaired) electrons. The van der Waals surface area contributed by atoms with Crippen molar-refractivity contribution in [1.82, 2.24) is 15.2 Å². The molecule has 1 aromatic rings. The topological polar surface area (TPSA) is 287 Å². The number of rotatable bonds is 26. The Labute approximate surface area is 414 Å². The highest BCUT2D eigenvalue weighted by Gasteiger charge is 2.68. The van der Waals surface area contributed by atoms with E-state index in [2.05, 4.69) is 10.3 Å². The molecule has 70 heavy (non-hydrogen) atoms. The second-order valence-corrected chi connectivity index (χ2v) is 21.1. The lowest BCUT2D eigenvalue weighted by atomic mass is 9.72. The van der Waals surface area contributed by atoms with Crippen LogP contribution in [0.25, 0.3) is 6.08 Å². The number of likely N-dealkylation sites (N-methyl/N-ethyl adjacent to an activating group) is 1. The van der Waals surface area contributed by atoms with Gasteiger partial charge in [-0.05, 0) is 64.9 Å². The number of methoxy groups -OCH3 is 2. The monoisotopic (exact) mass is 1010 g/mol. The number of phosphoric ester groups is 1.